The van der Waals surface area contributed by atoms with Gasteiger partial charge in [0.1, 0.15) is 5.82 Å². The number of nitrogen functional groups attached to an aromatic ring is 1. The summed E-state index contributed by atoms with van der Waals surface area (Å²) in [5.74, 6) is -0.666. The second-order valence-electron chi connectivity index (χ2n) is 4.17. The lowest BCUT2D eigenvalue weighted by atomic mass is 10.2. The molecule has 5 nitrogen and oxygen atoms in total. The number of anilines is 1. The predicted molar refractivity (Wildman–Crippen MR) is 71.7 cm³/mol. The number of unbranched alkanes of at least 4 members (excludes halogenated alkanes) is 2. The second kappa shape index (κ2) is 7.42. The molecule has 0 aromatic heterocycles. The highest BCUT2D eigenvalue weighted by Crippen LogP contribution is 2.15. The molecule has 0 radical (unpaired) electrons. The van der Waals surface area contributed by atoms with Gasteiger partial charge in [0.15, 0.2) is 0 Å². The molecule has 0 unspecified atom stereocenters. The summed E-state index contributed by atoms with van der Waals surface area (Å²) >= 11 is 0. The Morgan fingerprint density at radius 1 is 1.26 bits per heavy atom. The van der Waals surface area contributed by atoms with E-state index in [9.17, 15) is 12.8 Å². The van der Waals surface area contributed by atoms with E-state index in [0.717, 1.165) is 25.0 Å². The highest BCUT2D eigenvalue weighted by molar-refractivity contribution is 7.89. The minimum Gasteiger partial charge on any atom is -0.399 e. The Balaban J connectivity index is 2.51. The minimum absolute atomic E-state index is 0.0838. The van der Waals surface area contributed by atoms with E-state index in [1.165, 1.54) is 6.07 Å². The largest absolute Gasteiger partial charge is 0.399 e. The Hall–Kier alpha value is -1.18. The van der Waals surface area contributed by atoms with E-state index in [-0.39, 0.29) is 10.6 Å². The lowest BCUT2D eigenvalue weighted by molar-refractivity contribution is 0.192. The Bertz CT molecular complexity index is 485. The van der Waals surface area contributed by atoms with E-state index in [1.807, 2.05) is 0 Å². The number of methoxy groups -OCH3 is 1. The summed E-state index contributed by atoms with van der Waals surface area (Å²) in [6, 6.07) is 3.25. The molecule has 108 valence electrons. The third-order valence-electron chi connectivity index (χ3n) is 2.52. The lowest BCUT2D eigenvalue weighted by Crippen LogP contribution is -2.25. The number of halogens is 1. The summed E-state index contributed by atoms with van der Waals surface area (Å²) in [5.41, 5.74) is 5.50. The molecule has 7 heteroatoms. The van der Waals surface area contributed by atoms with E-state index in [2.05, 4.69) is 4.72 Å². The molecule has 0 atom stereocenters. The van der Waals surface area contributed by atoms with E-state index in [1.54, 1.807) is 7.11 Å². The van der Waals surface area contributed by atoms with Crippen LogP contribution >= 0.6 is 0 Å². The normalized spacial score (nSPS) is 11.7. The maximum Gasteiger partial charge on any atom is 0.240 e. The molecule has 19 heavy (non-hydrogen) atoms. The Morgan fingerprint density at radius 3 is 2.63 bits per heavy atom. The third kappa shape index (κ3) is 5.54. The molecule has 0 saturated heterocycles. The van der Waals surface area contributed by atoms with E-state index >= 15 is 0 Å². The van der Waals surface area contributed by atoms with Gasteiger partial charge in [-0.15, -0.1) is 0 Å². The molecule has 1 rings (SSSR count). The molecule has 3 N–H and O–H groups in total. The number of nitrogens with two attached hydrogens (primary N) is 1. The minimum atomic E-state index is -3.70. The van der Waals surface area contributed by atoms with Gasteiger partial charge in [-0.2, -0.15) is 0 Å². The summed E-state index contributed by atoms with van der Waals surface area (Å²) < 4.78 is 44.1. The number of sulfonamides is 1. The molecule has 0 aliphatic heterocycles. The fourth-order valence-corrected chi connectivity index (χ4v) is 2.72. The van der Waals surface area contributed by atoms with Gasteiger partial charge in [-0.1, -0.05) is 0 Å². The molecular formula is C12H19FN2O3S. The van der Waals surface area contributed by atoms with Crippen LogP contribution in [0.25, 0.3) is 0 Å². The fraction of sp³-hybridized carbons (Fsp3) is 0.500. The van der Waals surface area contributed by atoms with Crippen LogP contribution in [0.3, 0.4) is 0 Å². The number of hydrogen-bond donors (Lipinski definition) is 2. The summed E-state index contributed by atoms with van der Waals surface area (Å²) in [7, 11) is -2.08. The molecule has 1 aromatic rings. The summed E-state index contributed by atoms with van der Waals surface area (Å²) in [5, 5.41) is 0. The first-order chi connectivity index (χ1) is 8.95. The van der Waals surface area contributed by atoms with Crippen molar-refractivity contribution in [2.45, 2.75) is 24.2 Å². The average Bonchev–Trinajstić information content (AvgIpc) is 2.32. The molecule has 0 fully saturated rings. The highest BCUT2D eigenvalue weighted by Gasteiger charge is 2.14. The molecule has 0 saturated carbocycles. The van der Waals surface area contributed by atoms with Crippen molar-refractivity contribution < 1.29 is 17.5 Å². The van der Waals surface area contributed by atoms with Gasteiger partial charge in [-0.05, 0) is 37.5 Å². The van der Waals surface area contributed by atoms with Crippen LogP contribution in [0.2, 0.25) is 0 Å². The van der Waals surface area contributed by atoms with Crippen molar-refractivity contribution in [3.05, 3.63) is 24.0 Å². The van der Waals surface area contributed by atoms with Crippen LogP contribution in [0, 0.1) is 5.82 Å². The monoisotopic (exact) mass is 290 g/mol. The van der Waals surface area contributed by atoms with Gasteiger partial charge in [0.2, 0.25) is 10.0 Å². The maximum atomic E-state index is 13.1. The van der Waals surface area contributed by atoms with Gasteiger partial charge < -0.3 is 10.5 Å². The highest BCUT2D eigenvalue weighted by atomic mass is 32.2. The first-order valence-corrected chi connectivity index (χ1v) is 7.48. The van der Waals surface area contributed by atoms with Crippen LogP contribution in [0.5, 0.6) is 0 Å². The Kier molecular flexibility index (Phi) is 6.20. The molecule has 1 aromatic carbocycles. The first kappa shape index (κ1) is 15.9. The molecule has 0 amide bonds. The van der Waals surface area contributed by atoms with Crippen LogP contribution in [-0.4, -0.2) is 28.7 Å². The van der Waals surface area contributed by atoms with Crippen LogP contribution in [0.1, 0.15) is 19.3 Å². The third-order valence-corrected chi connectivity index (χ3v) is 3.96. The van der Waals surface area contributed by atoms with Crippen LogP contribution < -0.4 is 10.5 Å². The van der Waals surface area contributed by atoms with Crippen molar-refractivity contribution in [3.8, 4) is 0 Å². The van der Waals surface area contributed by atoms with Crippen molar-refractivity contribution in [3.63, 3.8) is 0 Å². The van der Waals surface area contributed by atoms with Crippen molar-refractivity contribution in [2.24, 2.45) is 0 Å². The van der Waals surface area contributed by atoms with Gasteiger partial charge >= 0.3 is 0 Å². The van der Waals surface area contributed by atoms with E-state index in [0.29, 0.717) is 19.6 Å². The molecular weight excluding hydrogens is 271 g/mol. The van der Waals surface area contributed by atoms with Crippen LogP contribution in [-0.2, 0) is 14.8 Å². The zero-order valence-corrected chi connectivity index (χ0v) is 11.7. The zero-order chi connectivity index (χ0) is 14.3. The first-order valence-electron chi connectivity index (χ1n) is 6.00. The molecule has 0 heterocycles. The number of benzene rings is 1. The molecule has 0 bridgehead atoms. The number of nitrogens with one attached hydrogen (secondary N) is 1. The summed E-state index contributed by atoms with van der Waals surface area (Å²) in [4.78, 5) is -0.151. The number of hydrogen-bond acceptors (Lipinski definition) is 4. The fourth-order valence-electron chi connectivity index (χ4n) is 1.58. The summed E-state index contributed by atoms with van der Waals surface area (Å²) in [6.45, 7) is 0.968. The van der Waals surface area contributed by atoms with Gasteiger partial charge in [0.05, 0.1) is 4.90 Å². The molecule has 0 spiro atoms. The number of ether oxygens (including phenoxy) is 1. The van der Waals surface area contributed by atoms with Crippen molar-refractivity contribution in [1.82, 2.24) is 4.72 Å². The second-order valence-corrected chi connectivity index (χ2v) is 5.94. The van der Waals surface area contributed by atoms with E-state index < -0.39 is 15.8 Å². The van der Waals surface area contributed by atoms with Crippen LogP contribution in [0.4, 0.5) is 10.1 Å². The zero-order valence-electron chi connectivity index (χ0n) is 10.9. The molecule has 0 aliphatic rings. The topological polar surface area (TPSA) is 81.4 Å². The van der Waals surface area contributed by atoms with Crippen molar-refractivity contribution in [1.29, 1.82) is 0 Å². The van der Waals surface area contributed by atoms with Gasteiger partial charge in [-0.25, -0.2) is 17.5 Å². The van der Waals surface area contributed by atoms with Gasteiger partial charge in [0, 0.05) is 25.9 Å². The van der Waals surface area contributed by atoms with Crippen LogP contribution in [0.15, 0.2) is 23.1 Å². The quantitative estimate of drug-likeness (QED) is 0.561. The molecule has 0 aliphatic carbocycles. The SMILES string of the molecule is COCCCCCNS(=O)(=O)c1cc(N)cc(F)c1. The predicted octanol–water partition coefficient (Wildman–Crippen LogP) is 1.50. The van der Waals surface area contributed by atoms with Gasteiger partial charge in [0.25, 0.3) is 0 Å². The summed E-state index contributed by atoms with van der Waals surface area (Å²) in [6.07, 6.45) is 2.44. The Labute approximate surface area is 113 Å². The average molecular weight is 290 g/mol. The standard InChI is InChI=1S/C12H19FN2O3S/c1-18-6-4-2-3-5-15-19(16,17)12-8-10(13)7-11(14)9-12/h7-9,15H,2-6,14H2,1H3. The number of rotatable bonds is 8. The van der Waals surface area contributed by atoms with Crippen molar-refractivity contribution in [2.75, 3.05) is 26.0 Å². The Morgan fingerprint density at radius 2 is 2.00 bits per heavy atom. The lowest BCUT2D eigenvalue weighted by Gasteiger charge is -2.07. The van der Waals surface area contributed by atoms with Gasteiger partial charge in [-0.3, -0.25) is 0 Å². The smallest absolute Gasteiger partial charge is 0.240 e. The maximum absolute atomic E-state index is 13.1. The van der Waals surface area contributed by atoms with E-state index in [4.69, 9.17) is 10.5 Å². The van der Waals surface area contributed by atoms with Crippen molar-refractivity contribution >= 4 is 15.7 Å².